The number of nitrogens with one attached hydrogen (secondary N) is 1. The zero-order chi connectivity index (χ0) is 28.6. The lowest BCUT2D eigenvalue weighted by molar-refractivity contribution is -0.132. The van der Waals surface area contributed by atoms with Crippen molar-refractivity contribution in [3.63, 3.8) is 0 Å². The number of carbonyl (C=O) groups excluding carboxylic acids is 3. The van der Waals surface area contributed by atoms with Crippen molar-refractivity contribution >= 4 is 29.1 Å². The molecular weight excluding hydrogens is 526 g/mol. The van der Waals surface area contributed by atoms with Gasteiger partial charge in [-0.1, -0.05) is 31.2 Å². The van der Waals surface area contributed by atoms with Crippen molar-refractivity contribution in [3.05, 3.63) is 89.0 Å². The van der Waals surface area contributed by atoms with E-state index in [0.717, 1.165) is 23.1 Å². The van der Waals surface area contributed by atoms with Crippen LogP contribution in [0.15, 0.2) is 65.7 Å². The Bertz CT molecular complexity index is 1540. The number of nitrogens with zero attached hydrogens (tertiary/aromatic N) is 2. The number of primary amides is 1. The lowest BCUT2D eigenvalue weighted by atomic mass is 9.96. The second-order valence-corrected chi connectivity index (χ2v) is 9.27. The number of halogens is 2. The minimum Gasteiger partial charge on any atom is -0.454 e. The van der Waals surface area contributed by atoms with Crippen LogP contribution in [-0.2, 0) is 14.4 Å². The fourth-order valence-electron chi connectivity index (χ4n) is 4.51. The maximum absolute atomic E-state index is 13.7. The molecule has 3 atom stereocenters. The summed E-state index contributed by atoms with van der Waals surface area (Å²) in [5.41, 5.74) is 7.10. The summed E-state index contributed by atoms with van der Waals surface area (Å²) in [6.45, 7) is 0.920. The van der Waals surface area contributed by atoms with Gasteiger partial charge in [0.1, 0.15) is 6.54 Å². The van der Waals surface area contributed by atoms with Crippen molar-refractivity contribution in [2.75, 3.05) is 18.2 Å². The van der Waals surface area contributed by atoms with E-state index >= 15 is 0 Å². The van der Waals surface area contributed by atoms with E-state index in [-0.39, 0.29) is 12.4 Å². The number of ether oxygens (including phenoxy) is 2. The van der Waals surface area contributed by atoms with Gasteiger partial charge in [-0.2, -0.15) is 0 Å². The summed E-state index contributed by atoms with van der Waals surface area (Å²) in [5.74, 6) is -4.82. The van der Waals surface area contributed by atoms with Crippen LogP contribution in [0, 0.1) is 17.6 Å². The fraction of sp³-hybridized carbons (Fsp3) is 0.214. The Hall–Kier alpha value is -4.84. The topological polar surface area (TPSA) is 144 Å². The Morgan fingerprint density at radius 1 is 1.10 bits per heavy atom. The van der Waals surface area contributed by atoms with Gasteiger partial charge in [-0.05, 0) is 42.0 Å². The maximum atomic E-state index is 13.7. The molecule has 3 aromatic carbocycles. The highest BCUT2D eigenvalue weighted by atomic mass is 19.2. The van der Waals surface area contributed by atoms with E-state index in [2.05, 4.69) is 10.3 Å². The molecule has 0 radical (unpaired) electrons. The number of anilines is 1. The van der Waals surface area contributed by atoms with Crippen LogP contribution in [0.4, 0.5) is 14.5 Å². The second kappa shape index (κ2) is 10.7. The third-order valence-electron chi connectivity index (χ3n) is 6.62. The molecule has 3 aromatic rings. The van der Waals surface area contributed by atoms with Gasteiger partial charge in [0.05, 0.1) is 23.4 Å². The van der Waals surface area contributed by atoms with Crippen molar-refractivity contribution < 1.29 is 37.7 Å². The number of hydrogen-bond acceptors (Lipinski definition) is 7. The van der Waals surface area contributed by atoms with Crippen LogP contribution in [0.3, 0.4) is 0 Å². The molecule has 5 rings (SSSR count). The minimum absolute atomic E-state index is 0.0268. The molecule has 12 heteroatoms. The molecule has 0 aliphatic carbocycles. The Morgan fingerprint density at radius 2 is 1.85 bits per heavy atom. The van der Waals surface area contributed by atoms with Crippen LogP contribution in [0.25, 0.3) is 0 Å². The van der Waals surface area contributed by atoms with Gasteiger partial charge < -0.3 is 25.6 Å². The van der Waals surface area contributed by atoms with Crippen molar-refractivity contribution in [3.8, 4) is 11.5 Å². The largest absolute Gasteiger partial charge is 0.454 e. The number of aliphatic hydroxyl groups excluding tert-OH is 1. The summed E-state index contributed by atoms with van der Waals surface area (Å²) >= 11 is 0. The van der Waals surface area contributed by atoms with Gasteiger partial charge in [0.2, 0.25) is 24.8 Å². The van der Waals surface area contributed by atoms with Crippen LogP contribution in [-0.4, -0.2) is 48.0 Å². The fourth-order valence-corrected chi connectivity index (χ4v) is 4.51. The maximum Gasteiger partial charge on any atom is 0.272 e. The molecule has 1 unspecified atom stereocenters. The SMILES string of the molecule is C[C@H](C(=O)NC1N=C(c2ccc3c(c2)OCO3)c2ccccc2N(CC(N)=O)C1=O)[C@H](O)c1ccc(F)c(F)c1. The van der Waals surface area contributed by atoms with Crippen LogP contribution in [0.5, 0.6) is 11.5 Å². The molecule has 0 bridgehead atoms. The van der Waals surface area contributed by atoms with Crippen LogP contribution in [0.1, 0.15) is 29.7 Å². The number of benzodiazepines with no additional fused rings is 1. The first-order chi connectivity index (χ1) is 19.1. The molecule has 0 spiro atoms. The molecule has 0 saturated heterocycles. The van der Waals surface area contributed by atoms with Crippen LogP contribution >= 0.6 is 0 Å². The summed E-state index contributed by atoms with van der Waals surface area (Å²) in [6, 6.07) is 14.6. The summed E-state index contributed by atoms with van der Waals surface area (Å²) < 4.78 is 38.0. The van der Waals surface area contributed by atoms with Gasteiger partial charge in [0.25, 0.3) is 5.91 Å². The Kier molecular flexibility index (Phi) is 7.18. The summed E-state index contributed by atoms with van der Waals surface area (Å²) in [4.78, 5) is 44.6. The molecule has 3 amide bonds. The first-order valence-electron chi connectivity index (χ1n) is 12.2. The number of fused-ring (bicyclic) bond motifs is 2. The van der Waals surface area contributed by atoms with Gasteiger partial charge >= 0.3 is 0 Å². The highest BCUT2D eigenvalue weighted by Gasteiger charge is 2.36. The van der Waals surface area contributed by atoms with Crippen molar-refractivity contribution in [1.82, 2.24) is 5.32 Å². The average Bonchev–Trinajstić information content (AvgIpc) is 3.38. The Balaban J connectivity index is 1.53. The van der Waals surface area contributed by atoms with E-state index in [1.54, 1.807) is 42.5 Å². The van der Waals surface area contributed by atoms with E-state index in [0.29, 0.717) is 34.0 Å². The number of para-hydroxylation sites is 1. The van der Waals surface area contributed by atoms with E-state index in [4.69, 9.17) is 15.2 Å². The minimum atomic E-state index is -1.53. The quantitative estimate of drug-likeness (QED) is 0.412. The highest BCUT2D eigenvalue weighted by Crippen LogP contribution is 2.35. The lowest BCUT2D eigenvalue weighted by Gasteiger charge is -2.25. The standard InChI is InChI=1S/C28H24F2N4O6/c1-14(25(36)16-6-8-18(29)19(30)10-16)27(37)33-26-28(38)34(12-23(31)35)20-5-3-2-4-17(20)24(32-26)15-7-9-21-22(11-15)40-13-39-21/h2-11,14,25-26,36H,12-13H2,1H3,(H2,31,35)(H,33,37)/t14-,25-,26?/m0/s1. The zero-order valence-electron chi connectivity index (χ0n) is 21.1. The van der Waals surface area contributed by atoms with Crippen molar-refractivity contribution in [2.45, 2.75) is 19.2 Å². The van der Waals surface area contributed by atoms with Gasteiger partial charge in [0.15, 0.2) is 23.1 Å². The average molecular weight is 551 g/mol. The predicted molar refractivity (Wildman–Crippen MR) is 139 cm³/mol. The molecule has 0 saturated carbocycles. The van der Waals surface area contributed by atoms with Crippen molar-refractivity contribution in [1.29, 1.82) is 0 Å². The number of nitrogens with two attached hydrogens (primary N) is 1. The van der Waals surface area contributed by atoms with Crippen LogP contribution in [0.2, 0.25) is 0 Å². The van der Waals surface area contributed by atoms with Gasteiger partial charge in [-0.3, -0.25) is 19.3 Å². The number of aliphatic imine (C=N–C) groups is 1. The molecule has 2 aliphatic rings. The van der Waals surface area contributed by atoms with Gasteiger partial charge in [0, 0.05) is 11.1 Å². The van der Waals surface area contributed by atoms with Gasteiger partial charge in [-0.15, -0.1) is 0 Å². The number of aliphatic hydroxyl groups is 1. The summed E-state index contributed by atoms with van der Waals surface area (Å²) in [7, 11) is 0. The number of hydrogen-bond donors (Lipinski definition) is 3. The molecule has 40 heavy (non-hydrogen) atoms. The third kappa shape index (κ3) is 5.08. The Morgan fingerprint density at radius 3 is 2.60 bits per heavy atom. The first kappa shape index (κ1) is 26.8. The molecule has 2 heterocycles. The molecule has 10 nitrogen and oxygen atoms in total. The number of benzene rings is 3. The number of rotatable bonds is 7. The molecule has 2 aliphatic heterocycles. The summed E-state index contributed by atoms with van der Waals surface area (Å²) in [6.07, 6.45) is -3.05. The number of amides is 3. The van der Waals surface area contributed by atoms with Gasteiger partial charge in [-0.25, -0.2) is 13.8 Å². The van der Waals surface area contributed by atoms with E-state index in [9.17, 15) is 28.3 Å². The number of carbonyl (C=O) groups is 3. The monoisotopic (exact) mass is 550 g/mol. The third-order valence-corrected chi connectivity index (χ3v) is 6.62. The highest BCUT2D eigenvalue weighted by molar-refractivity contribution is 6.21. The van der Waals surface area contributed by atoms with Crippen molar-refractivity contribution in [2.24, 2.45) is 16.6 Å². The van der Waals surface area contributed by atoms with Crippen LogP contribution < -0.4 is 25.4 Å². The van der Waals surface area contributed by atoms with E-state index in [1.807, 2.05) is 0 Å². The zero-order valence-corrected chi connectivity index (χ0v) is 21.1. The normalized spacial score (nSPS) is 17.4. The molecular formula is C28H24F2N4O6. The molecule has 0 fully saturated rings. The second-order valence-electron chi connectivity index (χ2n) is 9.27. The smallest absolute Gasteiger partial charge is 0.272 e. The van der Waals surface area contributed by atoms with E-state index in [1.165, 1.54) is 6.92 Å². The first-order valence-corrected chi connectivity index (χ1v) is 12.2. The molecule has 4 N–H and O–H groups in total. The molecule has 0 aromatic heterocycles. The lowest BCUT2D eigenvalue weighted by Crippen LogP contribution is -2.51. The Labute approximate surface area is 227 Å². The predicted octanol–water partition coefficient (Wildman–Crippen LogP) is 2.17. The summed E-state index contributed by atoms with van der Waals surface area (Å²) in [5, 5.41) is 13.2. The molecule has 206 valence electrons. The van der Waals surface area contributed by atoms with E-state index < -0.39 is 54.1 Å².